The fourth-order valence-corrected chi connectivity index (χ4v) is 3.94. The highest BCUT2D eigenvalue weighted by Gasteiger charge is 2.19. The third-order valence-corrected chi connectivity index (χ3v) is 6.02. The third kappa shape index (κ3) is 4.74. The molecule has 0 amide bonds. The van der Waals surface area contributed by atoms with Gasteiger partial charge in [0.2, 0.25) is 10.0 Å². The molecule has 0 fully saturated rings. The van der Waals surface area contributed by atoms with Crippen molar-refractivity contribution in [3.63, 3.8) is 0 Å². The van der Waals surface area contributed by atoms with Crippen LogP contribution in [0.2, 0.25) is 5.02 Å². The summed E-state index contributed by atoms with van der Waals surface area (Å²) in [6, 6.07) is 9.97. The largest absolute Gasteiger partial charge is 0.478 e. The summed E-state index contributed by atoms with van der Waals surface area (Å²) in [6.07, 6.45) is 0. The van der Waals surface area contributed by atoms with E-state index >= 15 is 0 Å². The first-order chi connectivity index (χ1) is 14.6. The zero-order chi connectivity index (χ0) is 22.8. The van der Waals surface area contributed by atoms with Gasteiger partial charge >= 0.3 is 5.97 Å². The van der Waals surface area contributed by atoms with Crippen LogP contribution in [0.4, 0.5) is 11.4 Å². The zero-order valence-corrected chi connectivity index (χ0v) is 18.0. The lowest BCUT2D eigenvalue weighted by molar-refractivity contribution is 0.0697. The number of rotatable bonds is 7. The average Bonchev–Trinajstić information content (AvgIpc) is 3.00. The van der Waals surface area contributed by atoms with E-state index in [9.17, 15) is 23.1 Å². The van der Waals surface area contributed by atoms with Gasteiger partial charge in [-0.05, 0) is 49.4 Å². The van der Waals surface area contributed by atoms with Gasteiger partial charge < -0.3 is 5.11 Å². The van der Waals surface area contributed by atoms with Gasteiger partial charge in [-0.3, -0.25) is 9.89 Å². The molecule has 2 aromatic carbocycles. The maximum atomic E-state index is 12.7. The summed E-state index contributed by atoms with van der Waals surface area (Å²) in [4.78, 5) is 24.1. The van der Waals surface area contributed by atoms with E-state index in [1.807, 2.05) is 0 Å². The number of aromatic amines is 1. The Bertz CT molecular complexity index is 1330. The Balaban J connectivity index is 2.01. The number of H-pyrrole nitrogens is 1. The molecule has 10 nitrogen and oxygen atoms in total. The van der Waals surface area contributed by atoms with Crippen molar-refractivity contribution in [2.45, 2.75) is 18.7 Å². The highest BCUT2D eigenvalue weighted by Crippen LogP contribution is 2.26. The molecule has 0 aliphatic heterocycles. The maximum absolute atomic E-state index is 12.7. The Morgan fingerprint density at radius 1 is 1.19 bits per heavy atom. The molecule has 1 heterocycles. The van der Waals surface area contributed by atoms with Crippen LogP contribution < -0.4 is 10.3 Å². The molecule has 0 aliphatic carbocycles. The van der Waals surface area contributed by atoms with Gasteiger partial charge in [0, 0.05) is 11.6 Å². The number of aromatic carboxylic acids is 1. The molecule has 31 heavy (non-hydrogen) atoms. The van der Waals surface area contributed by atoms with E-state index in [1.54, 1.807) is 38.1 Å². The van der Waals surface area contributed by atoms with Crippen LogP contribution in [0, 0.1) is 6.92 Å². The Morgan fingerprint density at radius 2 is 1.87 bits per heavy atom. The summed E-state index contributed by atoms with van der Waals surface area (Å²) >= 11 is 5.87. The molecule has 3 aromatic rings. The van der Waals surface area contributed by atoms with Gasteiger partial charge in [-0.25, -0.2) is 22.6 Å². The van der Waals surface area contributed by atoms with Crippen LogP contribution >= 0.6 is 11.6 Å². The van der Waals surface area contributed by atoms with E-state index in [-0.39, 0.29) is 28.4 Å². The van der Waals surface area contributed by atoms with Crippen molar-refractivity contribution in [2.75, 3.05) is 6.54 Å². The van der Waals surface area contributed by atoms with Crippen LogP contribution in [0.25, 0.3) is 5.69 Å². The van der Waals surface area contributed by atoms with Crippen molar-refractivity contribution >= 4 is 39.0 Å². The van der Waals surface area contributed by atoms with Crippen LogP contribution in [0.1, 0.15) is 23.0 Å². The summed E-state index contributed by atoms with van der Waals surface area (Å²) in [5.41, 5.74) is -0.0348. The Labute approximate surface area is 182 Å². The predicted molar refractivity (Wildman–Crippen MR) is 115 cm³/mol. The normalized spacial score (nSPS) is 11.8. The molecule has 0 saturated carbocycles. The zero-order valence-electron chi connectivity index (χ0n) is 16.5. The van der Waals surface area contributed by atoms with Crippen molar-refractivity contribution in [3.8, 4) is 5.69 Å². The number of aromatic nitrogens is 2. The topological polar surface area (TPSA) is 146 Å². The highest BCUT2D eigenvalue weighted by molar-refractivity contribution is 7.89. The maximum Gasteiger partial charge on any atom is 0.338 e. The number of halogens is 1. The Morgan fingerprint density at radius 3 is 2.48 bits per heavy atom. The van der Waals surface area contributed by atoms with Crippen molar-refractivity contribution in [2.24, 2.45) is 10.2 Å². The monoisotopic (exact) mass is 463 g/mol. The molecule has 162 valence electrons. The van der Waals surface area contributed by atoms with Gasteiger partial charge in [0.1, 0.15) is 5.69 Å². The van der Waals surface area contributed by atoms with Crippen LogP contribution in [0.3, 0.4) is 0 Å². The summed E-state index contributed by atoms with van der Waals surface area (Å²) < 4.78 is 27.8. The molecule has 0 bridgehead atoms. The number of carbonyl (C=O) groups is 1. The SMILES string of the molecule is CCNS(=O)(=O)c1ccc(N=Nc2c(C)[nH]n(-c3ccc(Cl)cc3)c2=O)c(C(=O)O)c1. The molecule has 0 radical (unpaired) electrons. The summed E-state index contributed by atoms with van der Waals surface area (Å²) in [7, 11) is -3.85. The van der Waals surface area contributed by atoms with Crippen molar-refractivity contribution in [1.82, 2.24) is 14.5 Å². The van der Waals surface area contributed by atoms with Crippen molar-refractivity contribution < 1.29 is 18.3 Å². The van der Waals surface area contributed by atoms with Gasteiger partial charge in [0.25, 0.3) is 5.56 Å². The number of hydrogen-bond acceptors (Lipinski definition) is 6. The van der Waals surface area contributed by atoms with Crippen LogP contribution in [0.15, 0.2) is 62.4 Å². The van der Waals surface area contributed by atoms with Gasteiger partial charge in [-0.1, -0.05) is 18.5 Å². The number of carboxylic acids is 1. The lowest BCUT2D eigenvalue weighted by Crippen LogP contribution is -2.23. The van der Waals surface area contributed by atoms with Gasteiger partial charge in [0.15, 0.2) is 5.69 Å². The van der Waals surface area contributed by atoms with E-state index < -0.39 is 21.6 Å². The fraction of sp³-hybridized carbons (Fsp3) is 0.158. The molecule has 0 atom stereocenters. The highest BCUT2D eigenvalue weighted by atomic mass is 35.5. The second-order valence-corrected chi connectivity index (χ2v) is 8.59. The number of hydrogen-bond donors (Lipinski definition) is 3. The number of azo groups is 1. The summed E-state index contributed by atoms with van der Waals surface area (Å²) in [6.45, 7) is 3.37. The van der Waals surface area contributed by atoms with Gasteiger partial charge in [-0.15, -0.1) is 10.2 Å². The number of nitrogens with one attached hydrogen (secondary N) is 2. The second-order valence-electron chi connectivity index (χ2n) is 6.39. The van der Waals surface area contributed by atoms with E-state index in [0.29, 0.717) is 16.4 Å². The molecule has 3 rings (SSSR count). The lowest BCUT2D eigenvalue weighted by Gasteiger charge is -2.06. The third-order valence-electron chi connectivity index (χ3n) is 4.23. The molecule has 3 N–H and O–H groups in total. The van der Waals surface area contributed by atoms with Gasteiger partial charge in [-0.2, -0.15) is 0 Å². The first kappa shape index (κ1) is 22.4. The van der Waals surface area contributed by atoms with Gasteiger partial charge in [0.05, 0.1) is 21.8 Å². The molecule has 0 aliphatic rings. The lowest BCUT2D eigenvalue weighted by atomic mass is 10.2. The Kier molecular flexibility index (Phi) is 6.39. The van der Waals surface area contributed by atoms with E-state index in [1.165, 1.54) is 16.8 Å². The molecule has 12 heteroatoms. The Hall–Kier alpha value is -3.28. The van der Waals surface area contributed by atoms with Crippen molar-refractivity contribution in [3.05, 3.63) is 69.1 Å². The standard InChI is InChI=1S/C19H18ClN5O5S/c1-3-21-31(29,30)14-8-9-16(15(10-14)19(27)28)22-23-17-11(2)24-25(18(17)26)13-6-4-12(20)5-7-13/h4-10,21,24H,3H2,1-2H3,(H,27,28). The summed E-state index contributed by atoms with van der Waals surface area (Å²) in [5.74, 6) is -1.38. The number of sulfonamides is 1. The molecular formula is C19H18ClN5O5S. The number of aryl methyl sites for hydroxylation is 1. The first-order valence-corrected chi connectivity index (χ1v) is 10.9. The smallest absolute Gasteiger partial charge is 0.338 e. The minimum Gasteiger partial charge on any atom is -0.478 e. The van der Waals surface area contributed by atoms with E-state index in [0.717, 1.165) is 6.07 Å². The number of nitrogens with zero attached hydrogens (tertiary/aromatic N) is 3. The number of carboxylic acid groups (broad SMARTS) is 1. The quantitative estimate of drug-likeness (QED) is 0.458. The van der Waals surface area contributed by atoms with Crippen molar-refractivity contribution in [1.29, 1.82) is 0 Å². The molecule has 0 spiro atoms. The summed E-state index contributed by atoms with van der Waals surface area (Å²) in [5, 5.41) is 20.7. The van der Waals surface area contributed by atoms with Crippen LogP contribution in [0.5, 0.6) is 0 Å². The second kappa shape index (κ2) is 8.84. The predicted octanol–water partition coefficient (Wildman–Crippen LogP) is 3.54. The minimum absolute atomic E-state index is 0.0179. The molecule has 0 unspecified atom stereocenters. The van der Waals surface area contributed by atoms with Crippen LogP contribution in [-0.2, 0) is 10.0 Å². The fourth-order valence-electron chi connectivity index (χ4n) is 2.75. The molecule has 1 aromatic heterocycles. The molecular weight excluding hydrogens is 446 g/mol. The first-order valence-electron chi connectivity index (χ1n) is 9.00. The van der Waals surface area contributed by atoms with Crippen LogP contribution in [-0.4, -0.2) is 35.8 Å². The molecule has 0 saturated heterocycles. The van der Waals surface area contributed by atoms with E-state index in [4.69, 9.17) is 11.6 Å². The average molecular weight is 464 g/mol. The minimum atomic E-state index is -3.85. The van der Waals surface area contributed by atoms with E-state index in [2.05, 4.69) is 20.0 Å². The number of benzene rings is 2.